The molecule has 6 aromatic carbocycles. The number of nitriles is 1. The minimum absolute atomic E-state index is 0.471. The number of aromatic nitrogens is 1. The van der Waals surface area contributed by atoms with Crippen LogP contribution in [0, 0.1) is 11.3 Å². The van der Waals surface area contributed by atoms with Gasteiger partial charge in [-0.1, -0.05) is 141 Å². The second-order valence-electron chi connectivity index (χ2n) is 12.2. The second-order valence-corrected chi connectivity index (χ2v) is 12.2. The monoisotopic (exact) mass is 588 g/mol. The molecule has 2 nitrogen and oxygen atoms in total. The molecule has 46 heavy (non-hydrogen) atoms. The number of fused-ring (bicyclic) bond motifs is 5. The molecule has 0 saturated carbocycles. The van der Waals surface area contributed by atoms with Crippen LogP contribution in [0.1, 0.15) is 46.7 Å². The van der Waals surface area contributed by atoms with Gasteiger partial charge in [0, 0.05) is 18.0 Å². The first-order valence-corrected chi connectivity index (χ1v) is 16.0. The Morgan fingerprint density at radius 2 is 1.26 bits per heavy atom. The molecule has 2 heteroatoms. The average Bonchev–Trinajstić information content (AvgIpc) is 3.43. The van der Waals surface area contributed by atoms with Crippen molar-refractivity contribution in [2.75, 3.05) is 0 Å². The molecule has 0 unspecified atom stereocenters. The van der Waals surface area contributed by atoms with E-state index in [0.29, 0.717) is 5.56 Å². The van der Waals surface area contributed by atoms with E-state index in [-0.39, 0.29) is 0 Å². The summed E-state index contributed by atoms with van der Waals surface area (Å²) in [5.74, 6) is 0. The fourth-order valence-electron chi connectivity index (χ4n) is 7.49. The first-order valence-electron chi connectivity index (χ1n) is 16.0. The highest BCUT2D eigenvalue weighted by Crippen LogP contribution is 2.58. The number of hydrogen-bond donors (Lipinski definition) is 0. The SMILES string of the molecule is CCCc1ccc2ccc3c(c2c1)-c1ccc(-c2ccc(-c4cncc(C#N)c4)cc2)cc1C3(c1ccccc1)c1ccccc1. The molecule has 0 N–H and O–H groups in total. The van der Waals surface area contributed by atoms with E-state index in [4.69, 9.17) is 0 Å². The Labute approximate surface area is 270 Å². The van der Waals surface area contributed by atoms with Crippen molar-refractivity contribution in [2.45, 2.75) is 25.2 Å². The van der Waals surface area contributed by atoms with Gasteiger partial charge in [-0.3, -0.25) is 4.98 Å². The zero-order valence-corrected chi connectivity index (χ0v) is 25.7. The van der Waals surface area contributed by atoms with E-state index in [1.54, 1.807) is 6.20 Å². The number of hydrogen-bond acceptors (Lipinski definition) is 2. The highest BCUT2D eigenvalue weighted by atomic mass is 14.6. The van der Waals surface area contributed by atoms with Gasteiger partial charge in [0.25, 0.3) is 0 Å². The summed E-state index contributed by atoms with van der Waals surface area (Å²) in [5.41, 5.74) is 13.6. The highest BCUT2D eigenvalue weighted by molar-refractivity contribution is 6.04. The third-order valence-electron chi connectivity index (χ3n) is 9.55. The van der Waals surface area contributed by atoms with Gasteiger partial charge in [0.05, 0.1) is 11.0 Å². The minimum Gasteiger partial charge on any atom is -0.263 e. The smallest absolute Gasteiger partial charge is 0.101 e. The van der Waals surface area contributed by atoms with Crippen LogP contribution in [0.15, 0.2) is 152 Å². The molecule has 1 heterocycles. The summed E-state index contributed by atoms with van der Waals surface area (Å²) in [4.78, 5) is 4.26. The molecule has 0 atom stereocenters. The van der Waals surface area contributed by atoms with Crippen LogP contribution in [0.3, 0.4) is 0 Å². The molecule has 0 radical (unpaired) electrons. The van der Waals surface area contributed by atoms with Gasteiger partial charge in [-0.2, -0.15) is 5.26 Å². The summed E-state index contributed by atoms with van der Waals surface area (Å²) in [6, 6.07) is 53.4. The largest absolute Gasteiger partial charge is 0.263 e. The zero-order chi connectivity index (χ0) is 31.1. The summed E-state index contributed by atoms with van der Waals surface area (Å²) in [7, 11) is 0. The summed E-state index contributed by atoms with van der Waals surface area (Å²) in [5, 5.41) is 12.0. The standard InChI is InChI=1S/C44H32N2/c1-2-9-30-14-15-34-21-23-41-43(40(34)25-30)39-22-20-35(32-16-18-33(19-17-32)36-24-31(27-45)28-46-29-36)26-42(39)44(41,37-10-5-3-6-11-37)38-12-7-4-8-13-38/h3-8,10-26,28-29H,2,9H2,1H3. The lowest BCUT2D eigenvalue weighted by Crippen LogP contribution is -2.28. The maximum absolute atomic E-state index is 9.36. The van der Waals surface area contributed by atoms with Gasteiger partial charge >= 0.3 is 0 Å². The number of pyridine rings is 1. The summed E-state index contributed by atoms with van der Waals surface area (Å²) >= 11 is 0. The van der Waals surface area contributed by atoms with Crippen molar-refractivity contribution < 1.29 is 0 Å². The fraction of sp³-hybridized carbons (Fsp3) is 0.0909. The molecule has 0 aliphatic heterocycles. The lowest BCUT2D eigenvalue weighted by molar-refractivity contribution is 0.769. The lowest BCUT2D eigenvalue weighted by atomic mass is 9.67. The molecule has 1 aliphatic rings. The van der Waals surface area contributed by atoms with Crippen LogP contribution in [0.2, 0.25) is 0 Å². The molecule has 0 amide bonds. The Morgan fingerprint density at radius 3 is 1.93 bits per heavy atom. The average molecular weight is 589 g/mol. The van der Waals surface area contributed by atoms with Gasteiger partial charge in [-0.25, -0.2) is 0 Å². The van der Waals surface area contributed by atoms with Crippen LogP contribution in [0.25, 0.3) is 44.2 Å². The van der Waals surface area contributed by atoms with Crippen LogP contribution in [0.5, 0.6) is 0 Å². The lowest BCUT2D eigenvalue weighted by Gasteiger charge is -2.34. The van der Waals surface area contributed by atoms with Gasteiger partial charge in [0.2, 0.25) is 0 Å². The van der Waals surface area contributed by atoms with E-state index in [0.717, 1.165) is 29.5 Å². The molecular weight excluding hydrogens is 556 g/mol. The molecule has 1 aromatic heterocycles. The fourth-order valence-corrected chi connectivity index (χ4v) is 7.49. The summed E-state index contributed by atoms with van der Waals surface area (Å²) in [6.45, 7) is 2.25. The molecular formula is C44H32N2. The number of aryl methyl sites for hydroxylation is 1. The van der Waals surface area contributed by atoms with Gasteiger partial charge < -0.3 is 0 Å². The highest BCUT2D eigenvalue weighted by Gasteiger charge is 2.46. The summed E-state index contributed by atoms with van der Waals surface area (Å²) < 4.78 is 0. The van der Waals surface area contributed by atoms with Crippen molar-refractivity contribution >= 4 is 10.8 Å². The summed E-state index contributed by atoms with van der Waals surface area (Å²) in [6.07, 6.45) is 5.60. The quantitative estimate of drug-likeness (QED) is 0.194. The predicted octanol–water partition coefficient (Wildman–Crippen LogP) is 10.8. The van der Waals surface area contributed by atoms with Gasteiger partial charge in [-0.15, -0.1) is 0 Å². The van der Waals surface area contributed by atoms with Crippen molar-refractivity contribution in [1.29, 1.82) is 5.26 Å². The van der Waals surface area contributed by atoms with E-state index in [1.165, 1.54) is 55.3 Å². The van der Waals surface area contributed by atoms with E-state index in [9.17, 15) is 5.26 Å². The Balaban J connectivity index is 1.38. The van der Waals surface area contributed by atoms with Crippen molar-refractivity contribution in [3.05, 3.63) is 185 Å². The Hall–Kier alpha value is -5.78. The predicted molar refractivity (Wildman–Crippen MR) is 189 cm³/mol. The van der Waals surface area contributed by atoms with Crippen molar-refractivity contribution in [3.63, 3.8) is 0 Å². The van der Waals surface area contributed by atoms with Crippen LogP contribution in [-0.2, 0) is 11.8 Å². The Bertz CT molecular complexity index is 2220. The van der Waals surface area contributed by atoms with Crippen LogP contribution < -0.4 is 0 Å². The minimum atomic E-state index is -0.471. The van der Waals surface area contributed by atoms with Gasteiger partial charge in [0.1, 0.15) is 6.07 Å². The number of rotatable bonds is 6. The molecule has 0 saturated heterocycles. The van der Waals surface area contributed by atoms with Crippen molar-refractivity contribution in [1.82, 2.24) is 4.98 Å². The maximum atomic E-state index is 9.36. The van der Waals surface area contributed by atoms with Crippen LogP contribution in [0.4, 0.5) is 0 Å². The molecule has 0 fully saturated rings. The third-order valence-corrected chi connectivity index (χ3v) is 9.55. The third kappa shape index (κ3) is 4.36. The second kappa shape index (κ2) is 11.3. The van der Waals surface area contributed by atoms with E-state index in [1.807, 2.05) is 12.3 Å². The molecule has 8 rings (SSSR count). The molecule has 218 valence electrons. The Kier molecular flexibility index (Phi) is 6.81. The normalized spacial score (nSPS) is 12.8. The first kappa shape index (κ1) is 27.7. The van der Waals surface area contributed by atoms with E-state index < -0.39 is 5.41 Å². The number of benzene rings is 6. The van der Waals surface area contributed by atoms with Crippen molar-refractivity contribution in [3.8, 4) is 39.4 Å². The van der Waals surface area contributed by atoms with Gasteiger partial charge in [-0.05, 0) is 85.0 Å². The molecule has 0 spiro atoms. The van der Waals surface area contributed by atoms with Gasteiger partial charge in [0.15, 0.2) is 0 Å². The van der Waals surface area contributed by atoms with Crippen LogP contribution in [-0.4, -0.2) is 4.98 Å². The zero-order valence-electron chi connectivity index (χ0n) is 25.7. The first-order chi connectivity index (χ1) is 22.7. The molecule has 7 aromatic rings. The molecule has 1 aliphatic carbocycles. The Morgan fingerprint density at radius 1 is 0.609 bits per heavy atom. The van der Waals surface area contributed by atoms with Crippen LogP contribution >= 0.6 is 0 Å². The molecule has 0 bridgehead atoms. The topological polar surface area (TPSA) is 36.7 Å². The maximum Gasteiger partial charge on any atom is 0.101 e. The van der Waals surface area contributed by atoms with Crippen molar-refractivity contribution in [2.24, 2.45) is 0 Å². The van der Waals surface area contributed by atoms with E-state index in [2.05, 4.69) is 151 Å². The van der Waals surface area contributed by atoms with E-state index >= 15 is 0 Å². The number of nitrogens with zero attached hydrogens (tertiary/aromatic N) is 2.